The van der Waals surface area contributed by atoms with Crippen molar-refractivity contribution in [2.45, 2.75) is 63.3 Å². The third-order valence-electron chi connectivity index (χ3n) is 4.26. The maximum absolute atomic E-state index is 11.9. The summed E-state index contributed by atoms with van der Waals surface area (Å²) in [6.07, 6.45) is -2.41. The van der Waals surface area contributed by atoms with Crippen molar-refractivity contribution in [2.75, 3.05) is 7.11 Å². The summed E-state index contributed by atoms with van der Waals surface area (Å²) in [5, 5.41) is 3.49. The highest BCUT2D eigenvalue weighted by atomic mass is 28.4. The molecule has 0 aromatic heterocycles. The van der Waals surface area contributed by atoms with Crippen LogP contribution in [0.1, 0.15) is 20.8 Å². The highest BCUT2D eigenvalue weighted by Crippen LogP contribution is 2.40. The summed E-state index contributed by atoms with van der Waals surface area (Å²) >= 11 is 0. The molecule has 0 aliphatic carbocycles. The second kappa shape index (κ2) is 6.78. The van der Waals surface area contributed by atoms with Gasteiger partial charge in [-0.2, -0.15) is 0 Å². The van der Waals surface area contributed by atoms with Gasteiger partial charge in [0.25, 0.3) is 0 Å². The van der Waals surface area contributed by atoms with Gasteiger partial charge in [-0.3, -0.25) is 0 Å². The number of aldehydes is 1. The molecule has 1 heterocycles. The number of ether oxygens (including phenoxy) is 2. The minimum absolute atomic E-state index is 0.117. The number of hydrogen-bond acceptors (Lipinski definition) is 6. The normalized spacial score (nSPS) is 28.8. The third-order valence-corrected chi connectivity index (χ3v) is 8.74. The number of rotatable bonds is 5. The first-order valence-corrected chi connectivity index (χ1v) is 9.90. The van der Waals surface area contributed by atoms with E-state index in [1.165, 1.54) is 7.11 Å². The van der Waals surface area contributed by atoms with Gasteiger partial charge >= 0.3 is 5.97 Å². The van der Waals surface area contributed by atoms with Crippen molar-refractivity contribution in [3.63, 3.8) is 0 Å². The van der Waals surface area contributed by atoms with Gasteiger partial charge in [0.05, 0.1) is 19.3 Å². The maximum Gasteiger partial charge on any atom is 0.337 e. The van der Waals surface area contributed by atoms with Crippen LogP contribution in [0.2, 0.25) is 18.1 Å². The van der Waals surface area contributed by atoms with Gasteiger partial charge in [-0.05, 0) is 23.7 Å². The fourth-order valence-electron chi connectivity index (χ4n) is 1.95. The van der Waals surface area contributed by atoms with Gasteiger partial charge in [0.15, 0.2) is 14.4 Å². The van der Waals surface area contributed by atoms with Crippen LogP contribution in [0.4, 0.5) is 0 Å². The molecule has 0 unspecified atom stereocenters. The van der Waals surface area contributed by atoms with Crippen LogP contribution in [0, 0.1) is 0 Å². The zero-order valence-corrected chi connectivity index (χ0v) is 14.8. The highest BCUT2D eigenvalue weighted by molar-refractivity contribution is 6.74. The maximum atomic E-state index is 11.9. The van der Waals surface area contributed by atoms with E-state index in [1.54, 1.807) is 0 Å². The minimum Gasteiger partial charge on any atom is -0.467 e. The molecule has 1 aliphatic heterocycles. The van der Waals surface area contributed by atoms with E-state index in [-0.39, 0.29) is 5.04 Å². The second-order valence-corrected chi connectivity index (χ2v) is 11.5. The lowest BCUT2D eigenvalue weighted by Crippen LogP contribution is -2.50. The summed E-state index contributed by atoms with van der Waals surface area (Å²) in [7, 11) is -1.04. The number of carbonyl (C=O) groups excluding carboxylic acids is 2. The molecule has 124 valence electrons. The Morgan fingerprint density at radius 1 is 1.41 bits per heavy atom. The van der Waals surface area contributed by atoms with Gasteiger partial charge in [-0.25, -0.2) is 4.79 Å². The Morgan fingerprint density at radius 2 is 2.00 bits per heavy atom. The van der Waals surface area contributed by atoms with Crippen LogP contribution < -0.4 is 0 Å². The van der Waals surface area contributed by atoms with Crippen molar-refractivity contribution >= 4 is 20.6 Å². The van der Waals surface area contributed by atoms with E-state index in [2.05, 4.69) is 10.0 Å². The first-order valence-electron chi connectivity index (χ1n) is 6.99. The molecule has 8 nitrogen and oxygen atoms in total. The summed E-state index contributed by atoms with van der Waals surface area (Å²) in [6.45, 7) is 10.1. The van der Waals surface area contributed by atoms with E-state index in [0.29, 0.717) is 6.29 Å². The molecule has 0 radical (unpaired) electrons. The molecule has 0 saturated carbocycles. The van der Waals surface area contributed by atoms with Crippen molar-refractivity contribution in [2.24, 2.45) is 5.11 Å². The van der Waals surface area contributed by atoms with E-state index >= 15 is 0 Å². The van der Waals surface area contributed by atoms with E-state index < -0.39 is 38.6 Å². The molecule has 4 atom stereocenters. The van der Waals surface area contributed by atoms with Crippen LogP contribution in [0.25, 0.3) is 10.4 Å². The van der Waals surface area contributed by atoms with Gasteiger partial charge in [-0.15, -0.1) is 0 Å². The second-order valence-electron chi connectivity index (χ2n) is 6.72. The van der Waals surface area contributed by atoms with Crippen LogP contribution in [0.15, 0.2) is 5.11 Å². The Kier molecular flexibility index (Phi) is 5.74. The molecule has 0 amide bonds. The predicted octanol–water partition coefficient (Wildman–Crippen LogP) is 2.19. The highest BCUT2D eigenvalue weighted by Gasteiger charge is 2.52. The molecule has 0 spiro atoms. The van der Waals surface area contributed by atoms with Gasteiger partial charge < -0.3 is 18.7 Å². The largest absolute Gasteiger partial charge is 0.467 e. The average Bonchev–Trinajstić information content (AvgIpc) is 2.75. The van der Waals surface area contributed by atoms with Crippen LogP contribution in [-0.4, -0.2) is 52.0 Å². The molecule has 0 N–H and O–H groups in total. The smallest absolute Gasteiger partial charge is 0.337 e. The van der Waals surface area contributed by atoms with Crippen LogP contribution >= 0.6 is 0 Å². The van der Waals surface area contributed by atoms with Gasteiger partial charge in [0, 0.05) is 4.91 Å². The molecule has 0 aromatic rings. The molecule has 9 heteroatoms. The lowest BCUT2D eigenvalue weighted by Gasteiger charge is -2.39. The third kappa shape index (κ3) is 3.67. The monoisotopic (exact) mass is 329 g/mol. The van der Waals surface area contributed by atoms with E-state index in [9.17, 15) is 9.59 Å². The summed E-state index contributed by atoms with van der Waals surface area (Å²) in [5.74, 6) is -0.647. The molecule has 1 rings (SSSR count). The quantitative estimate of drug-likeness (QED) is 0.192. The summed E-state index contributed by atoms with van der Waals surface area (Å²) in [5.41, 5.74) is 8.72. The fraction of sp³-hybridized carbons (Fsp3) is 0.846. The van der Waals surface area contributed by atoms with Crippen molar-refractivity contribution in [3.8, 4) is 0 Å². The predicted molar refractivity (Wildman–Crippen MR) is 81.7 cm³/mol. The molecule has 22 heavy (non-hydrogen) atoms. The Balaban J connectivity index is 3.18. The van der Waals surface area contributed by atoms with Crippen LogP contribution in [0.5, 0.6) is 0 Å². The lowest BCUT2D eigenvalue weighted by atomic mass is 10.1. The Bertz CT molecular complexity index is 485. The zero-order chi connectivity index (χ0) is 17.1. The van der Waals surface area contributed by atoms with Gasteiger partial charge in [0.1, 0.15) is 12.4 Å². The number of nitrogens with zero attached hydrogens (tertiary/aromatic N) is 3. The van der Waals surface area contributed by atoms with E-state index in [0.717, 1.165) is 0 Å². The Labute approximate surface area is 130 Å². The summed E-state index contributed by atoms with van der Waals surface area (Å²) < 4.78 is 16.3. The molecule has 1 fully saturated rings. The van der Waals surface area contributed by atoms with Crippen molar-refractivity contribution in [3.05, 3.63) is 10.4 Å². The van der Waals surface area contributed by atoms with Crippen molar-refractivity contribution in [1.29, 1.82) is 0 Å². The number of methoxy groups -OCH3 is 1. The van der Waals surface area contributed by atoms with Gasteiger partial charge in [-0.1, -0.05) is 25.9 Å². The van der Waals surface area contributed by atoms with Crippen molar-refractivity contribution < 1.29 is 23.5 Å². The first kappa shape index (κ1) is 18.6. The molecule has 1 saturated heterocycles. The molecule has 0 aromatic carbocycles. The van der Waals surface area contributed by atoms with E-state index in [4.69, 9.17) is 19.4 Å². The molecule has 1 aliphatic rings. The molecular weight excluding hydrogens is 306 g/mol. The lowest BCUT2D eigenvalue weighted by molar-refractivity contribution is -0.156. The minimum atomic E-state index is -2.27. The van der Waals surface area contributed by atoms with Gasteiger partial charge in [0.2, 0.25) is 0 Å². The van der Waals surface area contributed by atoms with Crippen LogP contribution in [-0.2, 0) is 23.5 Å². The van der Waals surface area contributed by atoms with E-state index in [1.807, 2.05) is 33.9 Å². The molecule has 0 bridgehead atoms. The number of azide groups is 1. The number of hydrogen-bond donors (Lipinski definition) is 0. The zero-order valence-electron chi connectivity index (χ0n) is 13.8. The summed E-state index contributed by atoms with van der Waals surface area (Å²) in [6, 6.07) is -0.888. The first-order chi connectivity index (χ1) is 10.1. The van der Waals surface area contributed by atoms with Crippen LogP contribution in [0.3, 0.4) is 0 Å². The van der Waals surface area contributed by atoms with Crippen molar-refractivity contribution in [1.82, 2.24) is 0 Å². The fourth-order valence-corrected chi connectivity index (χ4v) is 3.25. The summed E-state index contributed by atoms with van der Waals surface area (Å²) in [4.78, 5) is 25.8. The Hall–Kier alpha value is -1.41. The number of carbonyl (C=O) groups is 2. The topological polar surface area (TPSA) is 111 Å². The standard InChI is InChI=1S/C13H23N3O5Si/c1-13(2,3)22(5,6)21-10-9(15-16-14)8(7-17)20-11(10)12(18)19-4/h7-11H,1-6H3/t8-,9-,10-,11-/m1/s1. The average molecular weight is 329 g/mol. The number of esters is 1. The molecular formula is C13H23N3O5Si. The SMILES string of the molecule is COC(=O)[C@@H]1O[C@H](C=O)[C@@H](N=[N+]=[N-])[C@H]1O[Si](C)(C)C(C)(C)C. The Morgan fingerprint density at radius 3 is 2.41 bits per heavy atom.